The minimum atomic E-state index is 1.13. The molecule has 1 rings (SSSR count). The zero-order valence-electron chi connectivity index (χ0n) is 6.92. The van der Waals surface area contributed by atoms with E-state index in [1.54, 1.807) is 0 Å². The number of benzene rings is 1. The molecule has 0 bridgehead atoms. The van der Waals surface area contributed by atoms with Crippen molar-refractivity contribution in [1.82, 2.24) is 0 Å². The fraction of sp³-hybridized carbons (Fsp3) is 0.200. The monoisotopic (exact) mass is 168 g/mol. The van der Waals surface area contributed by atoms with Gasteiger partial charge in [0.25, 0.3) is 0 Å². The molecule has 0 radical (unpaired) electrons. The Kier molecular flexibility index (Phi) is 6.86. The molecular formula is C10H13Cl. The molecule has 0 aromatic heterocycles. The quantitative estimate of drug-likeness (QED) is 0.596. The molecule has 60 valence electrons. The average Bonchev–Trinajstić information content (AvgIpc) is 2.11. The zero-order valence-corrected chi connectivity index (χ0v) is 7.68. The summed E-state index contributed by atoms with van der Waals surface area (Å²) in [6, 6.07) is 9.93. The van der Waals surface area contributed by atoms with Gasteiger partial charge in [0.15, 0.2) is 0 Å². The van der Waals surface area contributed by atoms with Gasteiger partial charge in [-0.15, -0.1) is 0 Å². The van der Waals surface area contributed by atoms with Crippen molar-refractivity contribution in [1.29, 1.82) is 0 Å². The molecule has 0 N–H and O–H groups in total. The lowest BCUT2D eigenvalue weighted by Crippen LogP contribution is -1.64. The summed E-state index contributed by atoms with van der Waals surface area (Å²) in [5.74, 6) is 0. The molecular weight excluding hydrogens is 156 g/mol. The molecule has 0 aliphatic rings. The number of hydrogen-bond acceptors (Lipinski definition) is 0. The second kappa shape index (κ2) is 7.36. The minimum absolute atomic E-state index is 1.13. The Morgan fingerprint density at radius 3 is 2.09 bits per heavy atom. The van der Waals surface area contributed by atoms with E-state index in [4.69, 9.17) is 11.6 Å². The molecule has 0 fully saturated rings. The van der Waals surface area contributed by atoms with Crippen LogP contribution in [0, 0.1) is 0 Å². The van der Waals surface area contributed by atoms with Crippen molar-refractivity contribution >= 4 is 17.7 Å². The van der Waals surface area contributed by atoms with Crippen LogP contribution in [0.2, 0.25) is 0 Å². The van der Waals surface area contributed by atoms with Gasteiger partial charge < -0.3 is 0 Å². The third-order valence-electron chi connectivity index (χ3n) is 1.06. The Balaban J connectivity index is 0.000000461. The van der Waals surface area contributed by atoms with Crippen LogP contribution in [0.3, 0.4) is 0 Å². The molecule has 11 heavy (non-hydrogen) atoms. The predicted molar refractivity (Wildman–Crippen MR) is 52.7 cm³/mol. The van der Waals surface area contributed by atoms with E-state index in [0.717, 1.165) is 5.56 Å². The summed E-state index contributed by atoms with van der Waals surface area (Å²) >= 11 is 5.36. The van der Waals surface area contributed by atoms with Gasteiger partial charge in [-0.25, -0.2) is 0 Å². The van der Waals surface area contributed by atoms with Gasteiger partial charge in [-0.3, -0.25) is 0 Å². The Bertz CT molecular complexity index is 189. The van der Waals surface area contributed by atoms with E-state index >= 15 is 0 Å². The highest BCUT2D eigenvalue weighted by atomic mass is 35.5. The molecule has 1 heteroatoms. The third kappa shape index (κ3) is 4.63. The van der Waals surface area contributed by atoms with Gasteiger partial charge in [-0.05, 0) is 11.6 Å². The molecule has 1 aromatic rings. The first-order valence-electron chi connectivity index (χ1n) is 3.75. The summed E-state index contributed by atoms with van der Waals surface area (Å²) in [6.07, 6.45) is 1.85. The van der Waals surface area contributed by atoms with Crippen LogP contribution < -0.4 is 0 Å². The molecule has 0 atom stereocenters. The fourth-order valence-electron chi connectivity index (χ4n) is 0.637. The van der Waals surface area contributed by atoms with Crippen LogP contribution in [0.1, 0.15) is 19.4 Å². The van der Waals surface area contributed by atoms with Crippen LogP contribution in [-0.4, -0.2) is 0 Å². The highest BCUT2D eigenvalue weighted by Gasteiger charge is 1.78. The number of halogens is 1. The van der Waals surface area contributed by atoms with Crippen LogP contribution >= 0.6 is 11.6 Å². The maximum Gasteiger partial charge on any atom is 0.00484 e. The molecule has 0 aliphatic carbocycles. The van der Waals surface area contributed by atoms with E-state index in [2.05, 4.69) is 0 Å². The third-order valence-corrected chi connectivity index (χ3v) is 1.18. The SMILES string of the molecule is CC.ClC=Cc1ccccc1. The van der Waals surface area contributed by atoms with Gasteiger partial charge in [0, 0.05) is 5.54 Å². The summed E-state index contributed by atoms with van der Waals surface area (Å²) < 4.78 is 0. The molecule has 0 heterocycles. The maximum absolute atomic E-state index is 5.36. The van der Waals surface area contributed by atoms with E-state index in [9.17, 15) is 0 Å². The van der Waals surface area contributed by atoms with E-state index in [1.165, 1.54) is 5.54 Å². The molecule has 0 saturated heterocycles. The summed E-state index contributed by atoms with van der Waals surface area (Å²) in [5.41, 5.74) is 2.64. The molecule has 0 aliphatic heterocycles. The molecule has 0 nitrogen and oxygen atoms in total. The largest absolute Gasteiger partial charge is 0.0929 e. The fourth-order valence-corrected chi connectivity index (χ4v) is 0.782. The lowest BCUT2D eigenvalue weighted by Gasteiger charge is -1.86. The van der Waals surface area contributed by atoms with Crippen molar-refractivity contribution in [3.05, 3.63) is 41.4 Å². The number of rotatable bonds is 1. The van der Waals surface area contributed by atoms with Crippen LogP contribution in [0.5, 0.6) is 0 Å². The molecule has 0 amide bonds. The van der Waals surface area contributed by atoms with Crippen molar-refractivity contribution in [3.63, 3.8) is 0 Å². The minimum Gasteiger partial charge on any atom is -0.0929 e. The summed E-state index contributed by atoms with van der Waals surface area (Å²) in [6.45, 7) is 4.00. The van der Waals surface area contributed by atoms with E-state index in [0.29, 0.717) is 0 Å². The van der Waals surface area contributed by atoms with Gasteiger partial charge in [0.05, 0.1) is 0 Å². The predicted octanol–water partition coefficient (Wildman–Crippen LogP) is 3.92. The maximum atomic E-state index is 5.36. The first kappa shape index (κ1) is 10.2. The van der Waals surface area contributed by atoms with E-state index in [1.807, 2.05) is 50.3 Å². The zero-order chi connectivity index (χ0) is 8.53. The Hall–Kier alpha value is -0.750. The van der Waals surface area contributed by atoms with E-state index < -0.39 is 0 Å². The molecule has 0 unspecified atom stereocenters. The topological polar surface area (TPSA) is 0 Å². The van der Waals surface area contributed by atoms with Crippen molar-refractivity contribution in [3.8, 4) is 0 Å². The Labute approximate surface area is 73.5 Å². The highest BCUT2D eigenvalue weighted by Crippen LogP contribution is 2.00. The standard InChI is InChI=1S/C8H7Cl.C2H6/c9-7-6-8-4-2-1-3-5-8;1-2/h1-7H;1-2H3. The van der Waals surface area contributed by atoms with Crippen molar-refractivity contribution in [2.45, 2.75) is 13.8 Å². The second-order valence-electron chi connectivity index (χ2n) is 1.70. The summed E-state index contributed by atoms with van der Waals surface area (Å²) in [4.78, 5) is 0. The summed E-state index contributed by atoms with van der Waals surface area (Å²) in [5, 5.41) is 0. The molecule has 0 saturated carbocycles. The van der Waals surface area contributed by atoms with Gasteiger partial charge in [0.1, 0.15) is 0 Å². The Morgan fingerprint density at radius 2 is 1.64 bits per heavy atom. The average molecular weight is 169 g/mol. The lowest BCUT2D eigenvalue weighted by molar-refractivity contribution is 1.50. The van der Waals surface area contributed by atoms with Crippen molar-refractivity contribution in [2.75, 3.05) is 0 Å². The van der Waals surface area contributed by atoms with E-state index in [-0.39, 0.29) is 0 Å². The number of hydrogen-bond donors (Lipinski definition) is 0. The van der Waals surface area contributed by atoms with Gasteiger partial charge in [0.2, 0.25) is 0 Å². The lowest BCUT2D eigenvalue weighted by atomic mass is 10.2. The first-order valence-corrected chi connectivity index (χ1v) is 4.19. The summed E-state index contributed by atoms with van der Waals surface area (Å²) in [7, 11) is 0. The van der Waals surface area contributed by atoms with Gasteiger partial charge in [-0.1, -0.05) is 55.8 Å². The normalized spacial score (nSPS) is 9.00. The highest BCUT2D eigenvalue weighted by molar-refractivity contribution is 6.27. The molecule has 0 spiro atoms. The van der Waals surface area contributed by atoms with Gasteiger partial charge in [-0.2, -0.15) is 0 Å². The van der Waals surface area contributed by atoms with Crippen LogP contribution in [0.4, 0.5) is 0 Å². The van der Waals surface area contributed by atoms with Crippen molar-refractivity contribution in [2.24, 2.45) is 0 Å². The Morgan fingerprint density at radius 1 is 1.09 bits per heavy atom. The van der Waals surface area contributed by atoms with Crippen LogP contribution in [0.15, 0.2) is 35.9 Å². The van der Waals surface area contributed by atoms with Crippen LogP contribution in [-0.2, 0) is 0 Å². The first-order chi connectivity index (χ1) is 5.43. The molecule has 1 aromatic carbocycles. The smallest absolute Gasteiger partial charge is 0.00484 e. The second-order valence-corrected chi connectivity index (χ2v) is 1.96. The van der Waals surface area contributed by atoms with Gasteiger partial charge >= 0.3 is 0 Å². The van der Waals surface area contributed by atoms with Crippen molar-refractivity contribution < 1.29 is 0 Å². The van der Waals surface area contributed by atoms with Crippen LogP contribution in [0.25, 0.3) is 6.08 Å².